The van der Waals surface area contributed by atoms with Crippen LogP contribution in [0.15, 0.2) is 67.3 Å². The van der Waals surface area contributed by atoms with Gasteiger partial charge in [0, 0.05) is 11.6 Å². The van der Waals surface area contributed by atoms with Crippen LogP contribution >= 0.6 is 0 Å². The number of anilines is 1. The van der Waals surface area contributed by atoms with E-state index < -0.39 is 0 Å². The van der Waals surface area contributed by atoms with Crippen molar-refractivity contribution in [1.82, 2.24) is 0 Å². The molecule has 114 valence electrons. The van der Waals surface area contributed by atoms with Crippen molar-refractivity contribution in [2.24, 2.45) is 5.92 Å². The molecule has 0 saturated heterocycles. The highest BCUT2D eigenvalue weighted by atomic mass is 16.5. The number of rotatable bonds is 7. The number of ether oxygens (including phenoxy) is 1. The molecule has 0 aromatic heterocycles. The second-order valence-electron chi connectivity index (χ2n) is 5.13. The largest absolute Gasteiger partial charge is 0.497 e. The molecule has 3 heteroatoms. The third-order valence-corrected chi connectivity index (χ3v) is 3.50. The van der Waals surface area contributed by atoms with Gasteiger partial charge in [-0.25, -0.2) is 0 Å². The van der Waals surface area contributed by atoms with Crippen molar-refractivity contribution in [3.8, 4) is 5.75 Å². The Morgan fingerprint density at radius 3 is 2.45 bits per heavy atom. The van der Waals surface area contributed by atoms with E-state index in [1.54, 1.807) is 13.2 Å². The molecule has 2 aromatic rings. The van der Waals surface area contributed by atoms with Crippen LogP contribution in [-0.2, 0) is 11.2 Å². The van der Waals surface area contributed by atoms with Gasteiger partial charge in [0.25, 0.3) is 0 Å². The first kappa shape index (κ1) is 15.8. The molecule has 0 aliphatic heterocycles. The summed E-state index contributed by atoms with van der Waals surface area (Å²) in [4.78, 5) is 12.5. The van der Waals surface area contributed by atoms with Gasteiger partial charge in [-0.2, -0.15) is 0 Å². The fourth-order valence-electron chi connectivity index (χ4n) is 2.30. The van der Waals surface area contributed by atoms with Gasteiger partial charge in [0.1, 0.15) is 5.75 Å². The Balaban J connectivity index is 2.03. The maximum Gasteiger partial charge on any atom is 0.228 e. The molecule has 22 heavy (non-hydrogen) atoms. The van der Waals surface area contributed by atoms with Crippen molar-refractivity contribution in [2.45, 2.75) is 12.8 Å². The van der Waals surface area contributed by atoms with Crippen LogP contribution in [0.4, 0.5) is 5.69 Å². The van der Waals surface area contributed by atoms with Crippen LogP contribution in [0.25, 0.3) is 0 Å². The summed E-state index contributed by atoms with van der Waals surface area (Å²) in [5, 5.41) is 2.96. The molecule has 1 unspecified atom stereocenters. The van der Waals surface area contributed by atoms with Crippen LogP contribution in [0.5, 0.6) is 5.75 Å². The summed E-state index contributed by atoms with van der Waals surface area (Å²) in [7, 11) is 1.62. The minimum Gasteiger partial charge on any atom is -0.497 e. The van der Waals surface area contributed by atoms with E-state index in [9.17, 15) is 4.79 Å². The lowest BCUT2D eigenvalue weighted by Crippen LogP contribution is -2.24. The average molecular weight is 295 g/mol. The number of allylic oxidation sites excluding steroid dienone is 1. The first-order valence-corrected chi connectivity index (χ1v) is 7.32. The highest BCUT2D eigenvalue weighted by Crippen LogP contribution is 2.18. The van der Waals surface area contributed by atoms with Gasteiger partial charge < -0.3 is 10.1 Å². The molecule has 0 aliphatic rings. The number of carbonyl (C=O) groups is 1. The van der Waals surface area contributed by atoms with Gasteiger partial charge in [-0.1, -0.05) is 36.4 Å². The van der Waals surface area contributed by atoms with Gasteiger partial charge in [0.2, 0.25) is 5.91 Å². The zero-order chi connectivity index (χ0) is 15.8. The predicted molar refractivity (Wildman–Crippen MR) is 90.1 cm³/mol. The number of amides is 1. The zero-order valence-corrected chi connectivity index (χ0v) is 12.8. The highest BCUT2D eigenvalue weighted by Gasteiger charge is 2.17. The van der Waals surface area contributed by atoms with E-state index in [4.69, 9.17) is 4.74 Å². The normalized spacial score (nSPS) is 11.5. The van der Waals surface area contributed by atoms with Crippen molar-refractivity contribution >= 4 is 11.6 Å². The van der Waals surface area contributed by atoms with Crippen LogP contribution < -0.4 is 10.1 Å². The SMILES string of the molecule is C=CCC(Cc1ccccc1)C(=O)Nc1ccc(OC)cc1. The number of hydrogen-bond acceptors (Lipinski definition) is 2. The Bertz CT molecular complexity index is 605. The number of nitrogens with one attached hydrogen (secondary N) is 1. The smallest absolute Gasteiger partial charge is 0.228 e. The Hall–Kier alpha value is -2.55. The van der Waals surface area contributed by atoms with Crippen molar-refractivity contribution in [3.05, 3.63) is 72.8 Å². The molecule has 3 nitrogen and oxygen atoms in total. The molecule has 0 saturated carbocycles. The summed E-state index contributed by atoms with van der Waals surface area (Å²) in [6.07, 6.45) is 3.15. The van der Waals surface area contributed by atoms with E-state index in [-0.39, 0.29) is 11.8 Å². The maximum atomic E-state index is 12.5. The van der Waals surface area contributed by atoms with Crippen molar-refractivity contribution in [1.29, 1.82) is 0 Å². The molecule has 1 N–H and O–H groups in total. The second-order valence-corrected chi connectivity index (χ2v) is 5.13. The molecule has 0 heterocycles. The number of carbonyl (C=O) groups excluding carboxylic acids is 1. The summed E-state index contributed by atoms with van der Waals surface area (Å²) >= 11 is 0. The Morgan fingerprint density at radius 2 is 1.86 bits per heavy atom. The van der Waals surface area contributed by atoms with E-state index in [0.29, 0.717) is 12.8 Å². The summed E-state index contributed by atoms with van der Waals surface area (Å²) in [5.74, 6) is 0.654. The van der Waals surface area contributed by atoms with Gasteiger partial charge in [0.05, 0.1) is 7.11 Å². The Morgan fingerprint density at radius 1 is 1.18 bits per heavy atom. The molecular formula is C19H21NO2. The van der Waals surface area contributed by atoms with Crippen LogP contribution in [0.3, 0.4) is 0 Å². The van der Waals surface area contributed by atoms with E-state index in [1.807, 2.05) is 54.6 Å². The topological polar surface area (TPSA) is 38.3 Å². The zero-order valence-electron chi connectivity index (χ0n) is 12.8. The first-order valence-electron chi connectivity index (χ1n) is 7.32. The molecule has 0 aliphatic carbocycles. The fourth-order valence-corrected chi connectivity index (χ4v) is 2.30. The van der Waals surface area contributed by atoms with Gasteiger partial charge in [0.15, 0.2) is 0 Å². The average Bonchev–Trinajstić information content (AvgIpc) is 2.56. The fraction of sp³-hybridized carbons (Fsp3) is 0.211. The van der Waals surface area contributed by atoms with Gasteiger partial charge >= 0.3 is 0 Å². The van der Waals surface area contributed by atoms with Crippen LogP contribution in [0.1, 0.15) is 12.0 Å². The van der Waals surface area contributed by atoms with E-state index in [2.05, 4.69) is 11.9 Å². The van der Waals surface area contributed by atoms with Crippen molar-refractivity contribution in [2.75, 3.05) is 12.4 Å². The van der Waals surface area contributed by atoms with E-state index in [1.165, 1.54) is 0 Å². The molecule has 0 radical (unpaired) electrons. The lowest BCUT2D eigenvalue weighted by atomic mass is 9.95. The van der Waals surface area contributed by atoms with Crippen molar-refractivity contribution in [3.63, 3.8) is 0 Å². The molecule has 0 bridgehead atoms. The Kier molecular flexibility index (Phi) is 5.78. The summed E-state index contributed by atoms with van der Waals surface area (Å²) < 4.78 is 5.11. The molecule has 1 amide bonds. The van der Waals surface area contributed by atoms with Gasteiger partial charge in [-0.3, -0.25) is 4.79 Å². The summed E-state index contributed by atoms with van der Waals surface area (Å²) in [6.45, 7) is 3.76. The quantitative estimate of drug-likeness (QED) is 0.782. The third kappa shape index (κ3) is 4.48. The predicted octanol–water partition coefficient (Wildman–Crippen LogP) is 4.07. The molecule has 2 aromatic carbocycles. The summed E-state index contributed by atoms with van der Waals surface area (Å²) in [5.41, 5.74) is 1.92. The lowest BCUT2D eigenvalue weighted by Gasteiger charge is -2.15. The monoisotopic (exact) mass is 295 g/mol. The van der Waals surface area contributed by atoms with Crippen LogP contribution in [-0.4, -0.2) is 13.0 Å². The molecule has 1 atom stereocenters. The highest BCUT2D eigenvalue weighted by molar-refractivity contribution is 5.92. The Labute approximate surface area is 131 Å². The minimum atomic E-state index is -0.123. The number of hydrogen-bond donors (Lipinski definition) is 1. The molecule has 0 spiro atoms. The number of methoxy groups -OCH3 is 1. The van der Waals surface area contributed by atoms with Crippen molar-refractivity contribution < 1.29 is 9.53 Å². The maximum absolute atomic E-state index is 12.5. The molecule has 0 fully saturated rings. The standard InChI is InChI=1S/C19H21NO2/c1-3-7-16(14-15-8-5-4-6-9-15)19(21)20-17-10-12-18(22-2)13-11-17/h3-6,8-13,16H,1,7,14H2,2H3,(H,20,21). The van der Waals surface area contributed by atoms with E-state index in [0.717, 1.165) is 17.0 Å². The van der Waals surface area contributed by atoms with E-state index >= 15 is 0 Å². The minimum absolute atomic E-state index is 0.00826. The van der Waals surface area contributed by atoms with Gasteiger partial charge in [-0.05, 0) is 42.7 Å². The third-order valence-electron chi connectivity index (χ3n) is 3.50. The van der Waals surface area contributed by atoms with Crippen LogP contribution in [0.2, 0.25) is 0 Å². The summed E-state index contributed by atoms with van der Waals surface area (Å²) in [6, 6.07) is 17.4. The first-order chi connectivity index (χ1) is 10.7. The second kappa shape index (κ2) is 8.03. The molecule has 2 rings (SSSR count). The lowest BCUT2D eigenvalue weighted by molar-refractivity contribution is -0.119. The number of benzene rings is 2. The van der Waals surface area contributed by atoms with Crippen LogP contribution in [0, 0.1) is 5.92 Å². The molecular weight excluding hydrogens is 274 g/mol. The van der Waals surface area contributed by atoms with Gasteiger partial charge in [-0.15, -0.1) is 6.58 Å².